The first-order valence-corrected chi connectivity index (χ1v) is 20.0. The fraction of sp³-hybridized carbons (Fsp3) is 0.744. The Labute approximate surface area is 286 Å². The fourth-order valence-corrected chi connectivity index (χ4v) is 5.91. The highest BCUT2D eigenvalue weighted by molar-refractivity contribution is 5.76. The molecule has 0 fully saturated rings. The van der Waals surface area contributed by atoms with Crippen molar-refractivity contribution in [2.45, 2.75) is 194 Å². The zero-order valence-corrected chi connectivity index (χ0v) is 30.6. The zero-order valence-electron chi connectivity index (χ0n) is 30.6. The molecule has 264 valence electrons. The summed E-state index contributed by atoms with van der Waals surface area (Å²) in [6, 6.07) is 5.58. The van der Waals surface area contributed by atoms with Gasteiger partial charge in [-0.05, 0) is 76.3 Å². The van der Waals surface area contributed by atoms with E-state index in [0.29, 0.717) is 18.8 Å². The van der Waals surface area contributed by atoms with Crippen LogP contribution in [0.15, 0.2) is 42.5 Å². The summed E-state index contributed by atoms with van der Waals surface area (Å²) in [7, 11) is 0. The molecule has 0 aliphatic rings. The van der Waals surface area contributed by atoms with Gasteiger partial charge in [-0.15, -0.1) is 0 Å². The molecule has 1 aromatic carbocycles. The van der Waals surface area contributed by atoms with Crippen molar-refractivity contribution in [2.24, 2.45) is 0 Å². The van der Waals surface area contributed by atoms with E-state index < -0.39 is 0 Å². The Morgan fingerprint density at radius 1 is 0.413 bits per heavy atom. The summed E-state index contributed by atoms with van der Waals surface area (Å²) in [5, 5.41) is 0. The minimum atomic E-state index is 0.620. The third-order valence-electron chi connectivity index (χ3n) is 8.89. The zero-order chi connectivity index (χ0) is 33.0. The van der Waals surface area contributed by atoms with E-state index in [1.165, 1.54) is 167 Å². The molecule has 0 radical (unpaired) electrons. The molecule has 46 heavy (non-hydrogen) atoms. The number of carbonyl (C=O) groups is 1. The lowest BCUT2D eigenvalue weighted by Gasteiger charge is -2.11. The molecule has 3 nitrogen and oxygen atoms in total. The average molecular weight is 639 g/mol. The smallest absolute Gasteiger partial charge is 0.150 e. The Balaban J connectivity index is 2.00. The van der Waals surface area contributed by atoms with Crippen LogP contribution in [0.5, 0.6) is 11.5 Å². The molecule has 0 saturated heterocycles. The van der Waals surface area contributed by atoms with Crippen LogP contribution in [0.4, 0.5) is 0 Å². The first kappa shape index (κ1) is 42.0. The van der Waals surface area contributed by atoms with Crippen LogP contribution in [0.1, 0.15) is 204 Å². The maximum atomic E-state index is 11.5. The molecule has 1 rings (SSSR count). The number of rotatable bonds is 35. The molecule has 0 N–H and O–H groups in total. The molecular weight excluding hydrogens is 564 g/mol. The SMILES string of the molecule is CCCCCCCCC=CCCCCCCCCOc1cc(C=O)cc(OCCCCCCCCC=CCCCCCCCC)c1. The molecule has 0 saturated carbocycles. The van der Waals surface area contributed by atoms with E-state index in [1.807, 2.05) is 18.2 Å². The molecule has 0 unspecified atom stereocenters. The second-order valence-electron chi connectivity index (χ2n) is 13.4. The third-order valence-corrected chi connectivity index (χ3v) is 8.89. The molecule has 0 bridgehead atoms. The summed E-state index contributed by atoms with van der Waals surface area (Å²) in [6.07, 6.45) is 46.9. The second kappa shape index (κ2) is 34.3. The van der Waals surface area contributed by atoms with Crippen molar-refractivity contribution < 1.29 is 14.3 Å². The van der Waals surface area contributed by atoms with E-state index in [0.717, 1.165) is 30.6 Å². The highest BCUT2D eigenvalue weighted by Gasteiger charge is 2.04. The molecular formula is C43H74O3. The summed E-state index contributed by atoms with van der Waals surface area (Å²) in [4.78, 5) is 11.5. The van der Waals surface area contributed by atoms with E-state index in [1.54, 1.807) is 0 Å². The molecule has 0 aromatic heterocycles. The number of hydrogen-bond donors (Lipinski definition) is 0. The number of aldehydes is 1. The summed E-state index contributed by atoms with van der Waals surface area (Å²) < 4.78 is 12.0. The molecule has 0 spiro atoms. The van der Waals surface area contributed by atoms with E-state index in [-0.39, 0.29) is 0 Å². The van der Waals surface area contributed by atoms with Crippen LogP contribution in [0.2, 0.25) is 0 Å². The van der Waals surface area contributed by atoms with Gasteiger partial charge < -0.3 is 9.47 Å². The van der Waals surface area contributed by atoms with E-state index in [9.17, 15) is 4.79 Å². The van der Waals surface area contributed by atoms with Crippen LogP contribution in [-0.2, 0) is 0 Å². The van der Waals surface area contributed by atoms with E-state index >= 15 is 0 Å². The van der Waals surface area contributed by atoms with Gasteiger partial charge in [0.15, 0.2) is 0 Å². The standard InChI is InChI=1S/C43H74O3/c1-3-5-7-9-11-13-15-17-19-21-23-25-27-29-31-33-35-45-42-37-41(40-44)38-43(39-42)46-36-34-32-30-28-26-24-22-20-18-16-14-12-10-8-6-4-2/h17-20,37-40H,3-16,21-36H2,1-2H3. The van der Waals surface area contributed by atoms with Crippen molar-refractivity contribution in [3.63, 3.8) is 0 Å². The summed E-state index contributed by atoms with van der Waals surface area (Å²) >= 11 is 0. The van der Waals surface area contributed by atoms with Gasteiger partial charge in [-0.25, -0.2) is 0 Å². The van der Waals surface area contributed by atoms with Gasteiger partial charge in [0.2, 0.25) is 0 Å². The lowest BCUT2D eigenvalue weighted by molar-refractivity contribution is 0.112. The monoisotopic (exact) mass is 639 g/mol. The van der Waals surface area contributed by atoms with Crippen LogP contribution < -0.4 is 9.47 Å². The molecule has 3 heteroatoms. The van der Waals surface area contributed by atoms with Crippen molar-refractivity contribution >= 4 is 6.29 Å². The normalized spacial score (nSPS) is 11.6. The van der Waals surface area contributed by atoms with Crippen molar-refractivity contribution in [1.82, 2.24) is 0 Å². The van der Waals surface area contributed by atoms with E-state index in [4.69, 9.17) is 9.47 Å². The van der Waals surface area contributed by atoms with Crippen LogP contribution >= 0.6 is 0 Å². The Bertz CT molecular complexity index is 780. The third kappa shape index (κ3) is 28.2. The van der Waals surface area contributed by atoms with Gasteiger partial charge in [0.05, 0.1) is 13.2 Å². The minimum absolute atomic E-state index is 0.620. The maximum Gasteiger partial charge on any atom is 0.150 e. The molecule has 0 amide bonds. The van der Waals surface area contributed by atoms with Gasteiger partial charge in [-0.2, -0.15) is 0 Å². The van der Waals surface area contributed by atoms with Gasteiger partial charge in [0.1, 0.15) is 17.8 Å². The Hall–Kier alpha value is -2.03. The molecule has 1 aromatic rings. The highest BCUT2D eigenvalue weighted by Crippen LogP contribution is 2.23. The first-order chi connectivity index (χ1) is 22.8. The number of carbonyl (C=O) groups excluding carboxylic acids is 1. The number of benzene rings is 1. The van der Waals surface area contributed by atoms with Gasteiger partial charge in [-0.1, -0.05) is 154 Å². The predicted octanol–water partition coefficient (Wildman–Crippen LogP) is 14.3. The van der Waals surface area contributed by atoms with Crippen LogP contribution in [0.3, 0.4) is 0 Å². The first-order valence-electron chi connectivity index (χ1n) is 20.0. The molecule has 0 aliphatic carbocycles. The Kier molecular flexibility index (Phi) is 31.3. The van der Waals surface area contributed by atoms with Crippen molar-refractivity contribution in [3.05, 3.63) is 48.1 Å². The summed E-state index contributed by atoms with van der Waals surface area (Å²) in [5.41, 5.74) is 0.620. The average Bonchev–Trinajstić information content (AvgIpc) is 3.07. The van der Waals surface area contributed by atoms with Crippen molar-refractivity contribution in [2.75, 3.05) is 13.2 Å². The predicted molar refractivity (Wildman–Crippen MR) is 202 cm³/mol. The van der Waals surface area contributed by atoms with Gasteiger partial charge in [0.25, 0.3) is 0 Å². The van der Waals surface area contributed by atoms with E-state index in [2.05, 4.69) is 38.2 Å². The van der Waals surface area contributed by atoms with Gasteiger partial charge in [-0.3, -0.25) is 4.79 Å². The second-order valence-corrected chi connectivity index (χ2v) is 13.4. The van der Waals surface area contributed by atoms with Crippen LogP contribution in [0, 0.1) is 0 Å². The Morgan fingerprint density at radius 3 is 1.04 bits per heavy atom. The number of hydrogen-bond acceptors (Lipinski definition) is 3. The summed E-state index contributed by atoms with van der Waals surface area (Å²) in [5.74, 6) is 1.49. The van der Waals surface area contributed by atoms with Crippen molar-refractivity contribution in [1.29, 1.82) is 0 Å². The van der Waals surface area contributed by atoms with Crippen LogP contribution in [0.25, 0.3) is 0 Å². The molecule has 0 atom stereocenters. The van der Waals surface area contributed by atoms with Crippen LogP contribution in [-0.4, -0.2) is 19.5 Å². The summed E-state index contributed by atoms with van der Waals surface area (Å²) in [6.45, 7) is 5.94. The number of allylic oxidation sites excluding steroid dienone is 4. The van der Waals surface area contributed by atoms with Gasteiger partial charge >= 0.3 is 0 Å². The lowest BCUT2D eigenvalue weighted by Crippen LogP contribution is -2.01. The quantitative estimate of drug-likeness (QED) is 0.0421. The minimum Gasteiger partial charge on any atom is -0.493 e. The van der Waals surface area contributed by atoms with Gasteiger partial charge in [0, 0.05) is 11.6 Å². The van der Waals surface area contributed by atoms with Crippen molar-refractivity contribution in [3.8, 4) is 11.5 Å². The number of ether oxygens (including phenoxy) is 2. The largest absolute Gasteiger partial charge is 0.493 e. The number of unbranched alkanes of at least 4 members (excludes halogenated alkanes) is 24. The highest BCUT2D eigenvalue weighted by atomic mass is 16.5. The molecule has 0 aliphatic heterocycles. The fourth-order valence-electron chi connectivity index (χ4n) is 5.91. The lowest BCUT2D eigenvalue weighted by atomic mass is 10.1. The Morgan fingerprint density at radius 2 is 0.717 bits per heavy atom. The maximum absolute atomic E-state index is 11.5. The topological polar surface area (TPSA) is 35.5 Å². The molecule has 0 heterocycles.